The fraction of sp³-hybridized carbons (Fsp3) is 0.462. The third-order valence-electron chi connectivity index (χ3n) is 5.85. The number of benzene rings is 2. The maximum atomic E-state index is 13.4. The number of aromatic amines is 1. The minimum Gasteiger partial charge on any atom is -0.505 e. The predicted octanol–water partition coefficient (Wildman–Crippen LogP) is 4.41. The van der Waals surface area contributed by atoms with Gasteiger partial charge in [-0.1, -0.05) is 39.3 Å². The summed E-state index contributed by atoms with van der Waals surface area (Å²) >= 11 is 0. The topological polar surface area (TPSA) is 148 Å². The molecule has 0 fully saturated rings. The number of hydrogen-bond acceptors (Lipinski definition) is 9. The standard InChI is InChI=1S/2C13H19FN4O2Si/c1-21(2,3)7-6-20-9-18-13(15-16-17-18)10-4-5-12(19)11(14)8-10;1-21(2,3)7-6-20-9-18-16-13(15-17-18)10-4-5-12(19)11(14)8-10/h4-5,8,19H,6-7,9H2,1-3H3;4-5,8H,6-7,9H2,1-3H3,(H,16,19)/p+1. The van der Waals surface area contributed by atoms with E-state index in [4.69, 9.17) is 14.6 Å². The van der Waals surface area contributed by atoms with Gasteiger partial charge in [0.05, 0.1) is 10.7 Å². The molecular formula is C26H39F2N8O4Si2+. The maximum absolute atomic E-state index is 13.4. The van der Waals surface area contributed by atoms with E-state index in [1.807, 2.05) is 0 Å². The molecule has 0 aliphatic rings. The number of rotatable bonds is 12. The van der Waals surface area contributed by atoms with Gasteiger partial charge < -0.3 is 19.7 Å². The molecule has 12 nitrogen and oxygen atoms in total. The van der Waals surface area contributed by atoms with Crippen LogP contribution in [0.2, 0.25) is 51.4 Å². The first-order valence-corrected chi connectivity index (χ1v) is 20.9. The second-order valence-corrected chi connectivity index (χ2v) is 23.3. The molecule has 0 atom stereocenters. The molecule has 0 aliphatic heterocycles. The van der Waals surface area contributed by atoms with Crippen LogP contribution in [0, 0.1) is 11.6 Å². The Morgan fingerprint density at radius 1 is 0.857 bits per heavy atom. The van der Waals surface area contributed by atoms with Crippen molar-refractivity contribution < 1.29 is 33.3 Å². The monoisotopic (exact) mass is 621 g/mol. The average Bonchev–Trinajstić information content (AvgIpc) is 3.57. The van der Waals surface area contributed by atoms with Gasteiger partial charge in [0.15, 0.2) is 29.0 Å². The van der Waals surface area contributed by atoms with Gasteiger partial charge >= 0.3 is 5.82 Å². The second kappa shape index (κ2) is 14.5. The molecule has 0 saturated carbocycles. The van der Waals surface area contributed by atoms with Gasteiger partial charge in [-0.2, -0.15) is 4.68 Å². The summed E-state index contributed by atoms with van der Waals surface area (Å²) in [5.74, 6) is -1.44. The normalized spacial score (nSPS) is 11.8. The number of phenolic OH excluding ortho intramolecular Hbond substituents is 2. The van der Waals surface area contributed by atoms with Crippen LogP contribution in [0.1, 0.15) is 0 Å². The first-order valence-electron chi connectivity index (χ1n) is 13.4. The van der Waals surface area contributed by atoms with Gasteiger partial charge in [-0.05, 0) is 74.0 Å². The van der Waals surface area contributed by atoms with Crippen molar-refractivity contribution in [3.63, 3.8) is 0 Å². The van der Waals surface area contributed by atoms with Crippen LogP contribution in [0.5, 0.6) is 11.5 Å². The van der Waals surface area contributed by atoms with Crippen molar-refractivity contribution in [3.8, 4) is 34.3 Å². The molecular weight excluding hydrogens is 583 g/mol. The number of phenols is 2. The molecule has 0 saturated heterocycles. The van der Waals surface area contributed by atoms with Crippen LogP contribution in [0.4, 0.5) is 8.78 Å². The van der Waals surface area contributed by atoms with E-state index < -0.39 is 39.3 Å². The molecule has 228 valence electrons. The molecule has 3 N–H and O–H groups in total. The lowest BCUT2D eigenvalue weighted by Crippen LogP contribution is -2.40. The number of nitrogens with zero attached hydrogens (tertiary/aromatic N) is 7. The smallest absolute Gasteiger partial charge is 0.338 e. The van der Waals surface area contributed by atoms with Crippen molar-refractivity contribution in [3.05, 3.63) is 48.0 Å². The fourth-order valence-electron chi connectivity index (χ4n) is 3.29. The molecule has 0 radical (unpaired) electrons. The lowest BCUT2D eigenvalue weighted by atomic mass is 10.2. The van der Waals surface area contributed by atoms with E-state index in [0.29, 0.717) is 36.0 Å². The van der Waals surface area contributed by atoms with Gasteiger partial charge in [0.1, 0.15) is 6.73 Å². The summed E-state index contributed by atoms with van der Waals surface area (Å²) in [7, 11) is -2.23. The Labute approximate surface area is 245 Å². The summed E-state index contributed by atoms with van der Waals surface area (Å²) in [4.78, 5) is 1.45. The summed E-state index contributed by atoms with van der Waals surface area (Å²) in [6.07, 6.45) is 0. The zero-order chi connectivity index (χ0) is 30.9. The molecule has 2 aromatic heterocycles. The van der Waals surface area contributed by atoms with E-state index in [9.17, 15) is 13.9 Å². The minimum absolute atomic E-state index is 0.218. The highest BCUT2D eigenvalue weighted by molar-refractivity contribution is 6.76. The minimum atomic E-state index is -1.13. The highest BCUT2D eigenvalue weighted by Crippen LogP contribution is 2.23. The second-order valence-electron chi connectivity index (χ2n) is 12.1. The molecule has 0 aliphatic carbocycles. The van der Waals surface area contributed by atoms with Crippen molar-refractivity contribution >= 4 is 16.1 Å². The van der Waals surface area contributed by atoms with E-state index in [1.54, 1.807) is 12.1 Å². The number of H-pyrrole nitrogens is 1. The Kier molecular flexibility index (Phi) is 11.4. The number of hydrogen-bond donors (Lipinski definition) is 3. The number of tetrazole rings is 2. The third-order valence-corrected chi connectivity index (χ3v) is 9.26. The van der Waals surface area contributed by atoms with E-state index in [2.05, 4.69) is 70.2 Å². The molecule has 42 heavy (non-hydrogen) atoms. The van der Waals surface area contributed by atoms with E-state index in [1.165, 1.54) is 33.7 Å². The molecule has 0 unspecified atom stereocenters. The Morgan fingerprint density at radius 2 is 1.43 bits per heavy atom. The maximum Gasteiger partial charge on any atom is 0.338 e. The molecule has 0 spiro atoms. The Morgan fingerprint density at radius 3 is 2.02 bits per heavy atom. The van der Waals surface area contributed by atoms with Crippen molar-refractivity contribution in [2.45, 2.75) is 64.8 Å². The van der Waals surface area contributed by atoms with Gasteiger partial charge in [0.25, 0.3) is 0 Å². The van der Waals surface area contributed by atoms with Gasteiger partial charge in [-0.3, -0.25) is 0 Å². The Bertz CT molecular complexity index is 1440. The third kappa shape index (κ3) is 10.7. The molecule has 0 bridgehead atoms. The van der Waals surface area contributed by atoms with Crippen LogP contribution in [0.25, 0.3) is 22.8 Å². The van der Waals surface area contributed by atoms with Crippen LogP contribution in [0.15, 0.2) is 36.4 Å². The predicted molar refractivity (Wildman–Crippen MR) is 157 cm³/mol. The van der Waals surface area contributed by atoms with Crippen molar-refractivity contribution in [1.82, 2.24) is 35.6 Å². The van der Waals surface area contributed by atoms with Gasteiger partial charge in [-0.25, -0.2) is 8.78 Å². The van der Waals surface area contributed by atoms with E-state index in [-0.39, 0.29) is 13.5 Å². The fourth-order valence-corrected chi connectivity index (χ4v) is 4.81. The van der Waals surface area contributed by atoms with Crippen molar-refractivity contribution in [1.29, 1.82) is 0 Å². The van der Waals surface area contributed by atoms with Gasteiger partial charge in [0.2, 0.25) is 6.73 Å². The van der Waals surface area contributed by atoms with Crippen LogP contribution >= 0.6 is 0 Å². The quantitative estimate of drug-likeness (QED) is 0.119. The largest absolute Gasteiger partial charge is 0.505 e. The van der Waals surface area contributed by atoms with Crippen LogP contribution < -0.4 is 4.80 Å². The lowest BCUT2D eigenvalue weighted by Gasteiger charge is -2.15. The molecule has 0 amide bonds. The number of nitrogens with one attached hydrogen (secondary N) is 1. The van der Waals surface area contributed by atoms with Gasteiger partial charge in [0, 0.05) is 34.9 Å². The van der Waals surface area contributed by atoms with Crippen LogP contribution in [-0.2, 0) is 22.9 Å². The molecule has 2 aromatic carbocycles. The molecule has 2 heterocycles. The first kappa shape index (κ1) is 32.9. The molecule has 4 rings (SSSR count). The lowest BCUT2D eigenvalue weighted by molar-refractivity contribution is -0.832. The number of halogens is 2. The van der Waals surface area contributed by atoms with E-state index in [0.717, 1.165) is 12.1 Å². The number of aromatic hydroxyl groups is 2. The first-order chi connectivity index (χ1) is 19.7. The highest BCUT2D eigenvalue weighted by atomic mass is 28.3. The number of ether oxygens (including phenoxy) is 2. The SMILES string of the molecule is C[Si](C)(C)CCOC[n+]1nc(-c2ccc(O)c(F)c2)n[nH]1.C[Si](C)(C)CCOCn1nnnc1-c1ccc(O)c(F)c1. The Balaban J connectivity index is 0.000000230. The zero-order valence-electron chi connectivity index (χ0n) is 24.8. The summed E-state index contributed by atoms with van der Waals surface area (Å²) in [5, 5.41) is 40.5. The highest BCUT2D eigenvalue weighted by Gasteiger charge is 2.17. The number of aromatic nitrogens is 8. The van der Waals surface area contributed by atoms with Gasteiger partial charge in [-0.15, -0.1) is 5.10 Å². The Hall–Kier alpha value is -3.61. The summed E-state index contributed by atoms with van der Waals surface area (Å²) in [5.41, 5.74) is 0.978. The molecule has 4 aromatic rings. The van der Waals surface area contributed by atoms with Crippen molar-refractivity contribution in [2.75, 3.05) is 13.2 Å². The summed E-state index contributed by atoms with van der Waals surface area (Å²) in [6.45, 7) is 15.5. The van der Waals surface area contributed by atoms with Crippen molar-refractivity contribution in [2.24, 2.45) is 0 Å². The van der Waals surface area contributed by atoms with E-state index >= 15 is 0 Å². The summed E-state index contributed by atoms with van der Waals surface area (Å²) < 4.78 is 39.3. The molecule has 16 heteroatoms. The summed E-state index contributed by atoms with van der Waals surface area (Å²) in [6, 6.07) is 10.2. The zero-order valence-corrected chi connectivity index (χ0v) is 26.8. The average molecular weight is 622 g/mol. The van der Waals surface area contributed by atoms with Crippen LogP contribution in [0.3, 0.4) is 0 Å². The van der Waals surface area contributed by atoms with Crippen LogP contribution in [-0.4, -0.2) is 75.2 Å².